The summed E-state index contributed by atoms with van der Waals surface area (Å²) in [5, 5.41) is 11.1. The fourth-order valence-electron chi connectivity index (χ4n) is 2.71. The van der Waals surface area contributed by atoms with Crippen LogP contribution in [0, 0.1) is 12.1 Å². The molecular formula is C21H20N3O4+. The minimum Gasteiger partial charge on any atom is -0.488 e. The second-order valence-corrected chi connectivity index (χ2v) is 6.09. The van der Waals surface area contributed by atoms with Gasteiger partial charge < -0.3 is 14.8 Å². The van der Waals surface area contributed by atoms with Gasteiger partial charge in [-0.05, 0) is 24.3 Å². The summed E-state index contributed by atoms with van der Waals surface area (Å²) in [6.07, 6.45) is 3.65. The molecule has 0 saturated heterocycles. The Morgan fingerprint density at radius 1 is 1.46 bits per heavy atom. The first-order chi connectivity index (χ1) is 13.6. The highest BCUT2D eigenvalue weighted by Crippen LogP contribution is 2.37. The summed E-state index contributed by atoms with van der Waals surface area (Å²) >= 11 is 0. The Balaban J connectivity index is 1.83. The Kier molecular flexibility index (Phi) is 5.92. The molecule has 0 saturated carbocycles. The molecular weight excluding hydrogens is 358 g/mol. The molecule has 7 nitrogen and oxygen atoms in total. The maximum Gasteiger partial charge on any atom is 0.339 e. The van der Waals surface area contributed by atoms with Crippen LogP contribution < -0.4 is 25.5 Å². The molecule has 2 aromatic carbocycles. The molecule has 0 radical (unpaired) electrons. The summed E-state index contributed by atoms with van der Waals surface area (Å²) in [6.45, 7) is 0.250. The Labute approximate surface area is 162 Å². The molecule has 4 N–H and O–H groups in total. The first kappa shape index (κ1) is 19.0. The van der Waals surface area contributed by atoms with Crippen LogP contribution in [0.25, 0.3) is 0 Å². The van der Waals surface area contributed by atoms with Crippen LogP contribution in [-0.2, 0) is 17.8 Å². The normalized spacial score (nSPS) is 14.5. The predicted octanol–water partition coefficient (Wildman–Crippen LogP) is -0.0111. The quantitative estimate of drug-likeness (QED) is 0.357. The average molecular weight is 378 g/mol. The number of carbonyl (C=O) groups excluding carboxylic acids is 2. The fourth-order valence-corrected chi connectivity index (χ4v) is 2.71. The van der Waals surface area contributed by atoms with Crippen molar-refractivity contribution in [2.45, 2.75) is 19.1 Å². The molecule has 0 aliphatic carbocycles. The molecule has 1 aliphatic heterocycles. The number of nitrogens with one attached hydrogen (secondary N) is 2. The molecule has 7 heteroatoms. The molecule has 1 atom stereocenters. The van der Waals surface area contributed by atoms with E-state index in [1.165, 1.54) is 6.08 Å². The summed E-state index contributed by atoms with van der Waals surface area (Å²) < 4.78 is 11.5. The zero-order valence-electron chi connectivity index (χ0n) is 15.3. The predicted molar refractivity (Wildman–Crippen MR) is 102 cm³/mol. The van der Waals surface area contributed by atoms with Crippen LogP contribution in [-0.4, -0.2) is 31.2 Å². The van der Waals surface area contributed by atoms with Crippen LogP contribution >= 0.6 is 0 Å². The van der Waals surface area contributed by atoms with E-state index in [-0.39, 0.29) is 12.4 Å². The number of ether oxygens (including phenoxy) is 2. The lowest BCUT2D eigenvalue weighted by Gasteiger charge is -2.11. The van der Waals surface area contributed by atoms with Crippen molar-refractivity contribution >= 4 is 18.0 Å². The fraction of sp³-hybridized carbons (Fsp3) is 0.190. The lowest BCUT2D eigenvalue weighted by atomic mass is 10.1. The van der Waals surface area contributed by atoms with E-state index in [0.29, 0.717) is 23.5 Å². The topological polar surface area (TPSA) is 102 Å². The van der Waals surface area contributed by atoms with Crippen molar-refractivity contribution < 1.29 is 24.5 Å². The first-order valence-corrected chi connectivity index (χ1v) is 8.67. The van der Waals surface area contributed by atoms with Crippen LogP contribution in [0.5, 0.6) is 11.5 Å². The van der Waals surface area contributed by atoms with Crippen LogP contribution in [0.2, 0.25) is 0 Å². The van der Waals surface area contributed by atoms with Gasteiger partial charge in [-0.25, -0.2) is 10.1 Å². The SMILES string of the molecule is CN/C=C\C(=[NH2+])NC(=O)c1cc(OCc2c#cccc2)c2c(c1)OC(C=O)C2. The number of fused-ring (bicyclic) bond motifs is 1. The number of aldehydes is 1. The summed E-state index contributed by atoms with van der Waals surface area (Å²) in [6, 6.07) is 14.5. The molecule has 28 heavy (non-hydrogen) atoms. The van der Waals surface area contributed by atoms with Crippen LogP contribution in [0.1, 0.15) is 21.5 Å². The van der Waals surface area contributed by atoms with Crippen molar-refractivity contribution in [3.05, 3.63) is 71.4 Å². The Morgan fingerprint density at radius 2 is 2.32 bits per heavy atom. The first-order valence-electron chi connectivity index (χ1n) is 8.67. The van der Waals surface area contributed by atoms with Crippen molar-refractivity contribution in [3.63, 3.8) is 0 Å². The standard InChI is InChI=1S/C21H19N3O4/c1-23-8-7-20(22)24-21(26)15-9-18(27-13-14-5-3-2-4-6-14)17-11-16(12-25)28-19(17)10-15/h2-3,5,7-10,12,16,23H,11,13H2,1H3,(H2,22,24,26)/p+1/b8-7-. The monoisotopic (exact) mass is 378 g/mol. The van der Waals surface area contributed by atoms with E-state index in [9.17, 15) is 9.59 Å². The van der Waals surface area contributed by atoms with Gasteiger partial charge in [0.15, 0.2) is 12.4 Å². The number of rotatable bonds is 7. The maximum atomic E-state index is 12.5. The third-order valence-corrected chi connectivity index (χ3v) is 4.05. The zero-order chi connectivity index (χ0) is 19.9. The Bertz CT molecular complexity index is 909. The second-order valence-electron chi connectivity index (χ2n) is 6.09. The minimum absolute atomic E-state index is 0.184. The molecule has 1 aliphatic rings. The second kappa shape index (κ2) is 8.73. The summed E-state index contributed by atoms with van der Waals surface area (Å²) in [4.78, 5) is 23.7. The van der Waals surface area contributed by atoms with Crippen LogP contribution in [0.15, 0.2) is 42.6 Å². The van der Waals surface area contributed by atoms with E-state index < -0.39 is 12.0 Å². The van der Waals surface area contributed by atoms with E-state index in [0.717, 1.165) is 17.4 Å². The number of carbonyl (C=O) groups is 2. The maximum absolute atomic E-state index is 12.5. The number of hydrogen-bond donors (Lipinski definition) is 3. The zero-order valence-corrected chi connectivity index (χ0v) is 15.3. The van der Waals surface area contributed by atoms with Gasteiger partial charge in [-0.15, -0.1) is 0 Å². The van der Waals surface area contributed by atoms with E-state index in [2.05, 4.69) is 22.8 Å². The molecule has 3 rings (SSSR count). The smallest absolute Gasteiger partial charge is 0.339 e. The average Bonchev–Trinajstić information content (AvgIpc) is 3.14. The van der Waals surface area contributed by atoms with Crippen molar-refractivity contribution in [1.29, 1.82) is 0 Å². The number of amidine groups is 1. The van der Waals surface area contributed by atoms with Gasteiger partial charge in [-0.3, -0.25) is 10.2 Å². The third-order valence-electron chi connectivity index (χ3n) is 4.05. The molecule has 1 unspecified atom stereocenters. The van der Waals surface area contributed by atoms with Gasteiger partial charge in [0.25, 0.3) is 5.84 Å². The molecule has 142 valence electrons. The molecule has 0 aromatic heterocycles. The Hall–Kier alpha value is -3.79. The lowest BCUT2D eigenvalue weighted by molar-refractivity contribution is -0.115. The van der Waals surface area contributed by atoms with Crippen molar-refractivity contribution in [1.82, 2.24) is 10.6 Å². The van der Waals surface area contributed by atoms with Crippen LogP contribution in [0.4, 0.5) is 0 Å². The van der Waals surface area contributed by atoms with Gasteiger partial charge in [-0.2, -0.15) is 0 Å². The molecule has 1 heterocycles. The van der Waals surface area contributed by atoms with E-state index in [4.69, 9.17) is 14.9 Å². The summed E-state index contributed by atoms with van der Waals surface area (Å²) in [5.74, 6) is 0.702. The number of hydrogen-bond acceptors (Lipinski definition) is 5. The lowest BCUT2D eigenvalue weighted by Crippen LogP contribution is -2.49. The highest BCUT2D eigenvalue weighted by atomic mass is 16.5. The van der Waals surface area contributed by atoms with Gasteiger partial charge >= 0.3 is 5.91 Å². The number of benzene rings is 1. The Morgan fingerprint density at radius 3 is 3.04 bits per heavy atom. The number of amides is 1. The molecule has 0 spiro atoms. The number of nitrogens with two attached hydrogens (primary N) is 1. The van der Waals surface area contributed by atoms with Crippen molar-refractivity contribution in [2.75, 3.05) is 7.05 Å². The largest absolute Gasteiger partial charge is 0.488 e. The third kappa shape index (κ3) is 4.48. The van der Waals surface area contributed by atoms with E-state index >= 15 is 0 Å². The highest BCUT2D eigenvalue weighted by molar-refractivity contribution is 6.08. The van der Waals surface area contributed by atoms with Gasteiger partial charge in [-0.1, -0.05) is 18.2 Å². The van der Waals surface area contributed by atoms with Gasteiger partial charge in [0.1, 0.15) is 18.1 Å². The highest BCUT2D eigenvalue weighted by Gasteiger charge is 2.28. The summed E-state index contributed by atoms with van der Waals surface area (Å²) in [7, 11) is 1.72. The molecule has 2 aromatic rings. The molecule has 0 bridgehead atoms. The van der Waals surface area contributed by atoms with Crippen molar-refractivity contribution in [2.24, 2.45) is 0 Å². The van der Waals surface area contributed by atoms with Crippen LogP contribution in [0.3, 0.4) is 0 Å². The molecule has 1 amide bonds. The van der Waals surface area contributed by atoms with Gasteiger partial charge in [0.2, 0.25) is 0 Å². The molecule has 0 fully saturated rings. The van der Waals surface area contributed by atoms with Gasteiger partial charge in [0.05, 0.1) is 5.56 Å². The minimum atomic E-state index is -0.595. The van der Waals surface area contributed by atoms with E-state index in [1.54, 1.807) is 31.4 Å². The summed E-state index contributed by atoms with van der Waals surface area (Å²) in [5.41, 5.74) is 1.87. The van der Waals surface area contributed by atoms with Crippen molar-refractivity contribution in [3.8, 4) is 11.5 Å². The van der Waals surface area contributed by atoms with E-state index in [1.807, 2.05) is 12.1 Å². The van der Waals surface area contributed by atoms with Gasteiger partial charge in [0, 0.05) is 36.9 Å².